The summed E-state index contributed by atoms with van der Waals surface area (Å²) in [5, 5.41) is 3.66. The lowest BCUT2D eigenvalue weighted by molar-refractivity contribution is 0.0947. The van der Waals surface area contributed by atoms with Gasteiger partial charge in [0.1, 0.15) is 0 Å². The third-order valence-electron chi connectivity index (χ3n) is 6.70. The quantitative estimate of drug-likeness (QED) is 0.312. The molecule has 4 aromatic rings. The van der Waals surface area contributed by atoms with Crippen molar-refractivity contribution in [2.75, 3.05) is 19.6 Å². The van der Waals surface area contributed by atoms with Crippen molar-refractivity contribution in [2.24, 2.45) is 5.92 Å². The van der Waals surface area contributed by atoms with Gasteiger partial charge in [0.2, 0.25) is 0 Å². The largest absolute Gasteiger partial charge is 0.350 e. The number of piperidine rings is 1. The van der Waals surface area contributed by atoms with Crippen molar-refractivity contribution < 1.29 is 4.79 Å². The minimum atomic E-state index is -0.0733. The molecular weight excluding hydrogens is 450 g/mol. The van der Waals surface area contributed by atoms with E-state index in [2.05, 4.69) is 52.7 Å². The number of hydrogen-bond donors (Lipinski definition) is 1. The van der Waals surface area contributed by atoms with Crippen LogP contribution in [0.4, 0.5) is 0 Å². The fraction of sp³-hybridized carbons (Fsp3) is 0.267. The average Bonchev–Trinajstić information content (AvgIpc) is 3.37. The summed E-state index contributed by atoms with van der Waals surface area (Å²) in [5.41, 5.74) is 4.37. The Labute approximate surface area is 211 Å². The number of nitrogens with one attached hydrogen (secondary N) is 1. The number of rotatable bonds is 8. The molecule has 1 amide bonds. The number of aromatic nitrogens is 1. The normalized spacial score (nSPS) is 14.6. The topological polar surface area (TPSA) is 45.2 Å². The molecule has 1 N–H and O–H groups in total. The van der Waals surface area contributed by atoms with E-state index in [1.807, 2.05) is 48.5 Å². The lowest BCUT2D eigenvalue weighted by Gasteiger charge is -2.32. The van der Waals surface area contributed by atoms with Gasteiger partial charge in [0.25, 0.3) is 5.91 Å². The van der Waals surface area contributed by atoms with Gasteiger partial charge >= 0.3 is 0 Å². The summed E-state index contributed by atoms with van der Waals surface area (Å²) < 4.78 is 0. The maximum atomic E-state index is 13.0. The van der Waals surface area contributed by atoms with Crippen LogP contribution in [-0.2, 0) is 6.54 Å². The first-order chi connectivity index (χ1) is 17.3. The van der Waals surface area contributed by atoms with Crippen LogP contribution in [0.1, 0.15) is 34.6 Å². The van der Waals surface area contributed by atoms with Crippen LogP contribution >= 0.6 is 11.3 Å². The smallest absolute Gasteiger partial charge is 0.280 e. The molecule has 5 rings (SSSR count). The number of carbonyl (C=O) groups excluding carboxylic acids is 1. The van der Waals surface area contributed by atoms with Gasteiger partial charge in [-0.1, -0.05) is 91.0 Å². The maximum absolute atomic E-state index is 13.0. The summed E-state index contributed by atoms with van der Waals surface area (Å²) in [6.45, 7) is 3.98. The average molecular weight is 482 g/mol. The SMILES string of the molecule is O=C(NCCC1CCN(Cc2ccccc2)CC1)c1nc(-c2ccccc2)c(-c2ccccc2)s1. The molecular formula is C30H31N3OS. The van der Waals surface area contributed by atoms with Crippen LogP contribution in [0.2, 0.25) is 0 Å². The minimum absolute atomic E-state index is 0.0733. The molecule has 1 saturated heterocycles. The van der Waals surface area contributed by atoms with Crippen molar-refractivity contribution in [1.82, 2.24) is 15.2 Å². The molecule has 35 heavy (non-hydrogen) atoms. The van der Waals surface area contributed by atoms with E-state index in [-0.39, 0.29) is 5.91 Å². The second kappa shape index (κ2) is 11.4. The van der Waals surface area contributed by atoms with Crippen molar-refractivity contribution in [3.8, 4) is 21.7 Å². The van der Waals surface area contributed by atoms with Crippen LogP contribution in [0.15, 0.2) is 91.0 Å². The molecule has 3 aromatic carbocycles. The minimum Gasteiger partial charge on any atom is -0.350 e. The Morgan fingerprint density at radius 1 is 0.857 bits per heavy atom. The Morgan fingerprint density at radius 3 is 2.11 bits per heavy atom. The molecule has 2 heterocycles. The summed E-state index contributed by atoms with van der Waals surface area (Å²) in [6.07, 6.45) is 3.40. The number of benzene rings is 3. The molecule has 0 bridgehead atoms. The van der Waals surface area contributed by atoms with Gasteiger partial charge in [0, 0.05) is 18.7 Å². The predicted octanol–water partition coefficient (Wildman–Crippen LogP) is 6.51. The Balaban J connectivity index is 1.17. The zero-order chi connectivity index (χ0) is 23.9. The predicted molar refractivity (Wildman–Crippen MR) is 144 cm³/mol. The Hall–Kier alpha value is -3.28. The van der Waals surface area contributed by atoms with Crippen LogP contribution in [0, 0.1) is 5.92 Å². The molecule has 0 aliphatic carbocycles. The van der Waals surface area contributed by atoms with Gasteiger partial charge in [-0.05, 0) is 49.4 Å². The highest BCUT2D eigenvalue weighted by Crippen LogP contribution is 2.36. The summed E-state index contributed by atoms with van der Waals surface area (Å²) in [4.78, 5) is 21.3. The molecule has 1 aliphatic rings. The van der Waals surface area contributed by atoms with Crippen molar-refractivity contribution in [2.45, 2.75) is 25.8 Å². The van der Waals surface area contributed by atoms with Crippen LogP contribution in [0.25, 0.3) is 21.7 Å². The van der Waals surface area contributed by atoms with Crippen LogP contribution in [0.5, 0.6) is 0 Å². The number of carbonyl (C=O) groups is 1. The standard InChI is InChI=1S/C30H31N3OS/c34-29(31-19-16-23-17-20-33(21-18-23)22-24-10-4-1-5-11-24)30-32-27(25-12-6-2-7-13-25)28(35-30)26-14-8-3-9-15-26/h1-15,23H,16-22H2,(H,31,34). The fourth-order valence-electron chi connectivity index (χ4n) is 4.73. The molecule has 0 radical (unpaired) electrons. The second-order valence-corrected chi connectivity index (χ2v) is 10.2. The molecule has 1 aromatic heterocycles. The van der Waals surface area contributed by atoms with Gasteiger partial charge in [0.05, 0.1) is 10.6 Å². The molecule has 0 atom stereocenters. The summed E-state index contributed by atoms with van der Waals surface area (Å²) >= 11 is 1.47. The molecule has 5 heteroatoms. The molecule has 0 spiro atoms. The van der Waals surface area contributed by atoms with Crippen molar-refractivity contribution in [3.63, 3.8) is 0 Å². The molecule has 0 saturated carbocycles. The van der Waals surface area contributed by atoms with Crippen molar-refractivity contribution in [3.05, 3.63) is 102 Å². The summed E-state index contributed by atoms with van der Waals surface area (Å²) in [5.74, 6) is 0.592. The van der Waals surface area contributed by atoms with Crippen LogP contribution < -0.4 is 5.32 Å². The van der Waals surface area contributed by atoms with Gasteiger partial charge < -0.3 is 5.32 Å². The first-order valence-electron chi connectivity index (χ1n) is 12.4. The molecule has 4 nitrogen and oxygen atoms in total. The number of nitrogens with zero attached hydrogens (tertiary/aromatic N) is 2. The number of thiazole rings is 1. The van der Waals surface area contributed by atoms with Gasteiger partial charge in [0.15, 0.2) is 5.01 Å². The van der Waals surface area contributed by atoms with Gasteiger partial charge in [-0.15, -0.1) is 11.3 Å². The van der Waals surface area contributed by atoms with Crippen molar-refractivity contribution in [1.29, 1.82) is 0 Å². The highest BCUT2D eigenvalue weighted by atomic mass is 32.1. The van der Waals surface area contributed by atoms with Gasteiger partial charge in [-0.2, -0.15) is 0 Å². The van der Waals surface area contributed by atoms with Crippen molar-refractivity contribution >= 4 is 17.2 Å². The lowest BCUT2D eigenvalue weighted by atomic mass is 9.93. The van der Waals surface area contributed by atoms with E-state index in [1.54, 1.807) is 0 Å². The molecule has 0 unspecified atom stereocenters. The second-order valence-electron chi connectivity index (χ2n) is 9.18. The van der Waals surface area contributed by atoms with E-state index in [9.17, 15) is 4.79 Å². The van der Waals surface area contributed by atoms with E-state index in [0.29, 0.717) is 17.5 Å². The number of likely N-dealkylation sites (tertiary alicyclic amines) is 1. The molecule has 1 fully saturated rings. The van der Waals surface area contributed by atoms with E-state index in [4.69, 9.17) is 4.98 Å². The zero-order valence-electron chi connectivity index (χ0n) is 19.9. The summed E-state index contributed by atoms with van der Waals surface area (Å²) in [6, 6.07) is 31.0. The first-order valence-corrected chi connectivity index (χ1v) is 13.2. The first kappa shape index (κ1) is 23.5. The lowest BCUT2D eigenvalue weighted by Crippen LogP contribution is -2.34. The fourth-order valence-corrected chi connectivity index (χ4v) is 5.74. The van der Waals surface area contributed by atoms with E-state index in [1.165, 1.54) is 29.7 Å². The number of amides is 1. The monoisotopic (exact) mass is 481 g/mol. The Bertz CT molecular complexity index is 1160. The maximum Gasteiger partial charge on any atom is 0.280 e. The van der Waals surface area contributed by atoms with E-state index >= 15 is 0 Å². The van der Waals surface area contributed by atoms with Gasteiger partial charge in [-0.25, -0.2) is 4.98 Å². The Morgan fingerprint density at radius 2 is 1.46 bits per heavy atom. The summed E-state index contributed by atoms with van der Waals surface area (Å²) in [7, 11) is 0. The van der Waals surface area contributed by atoms with Crippen LogP contribution in [-0.4, -0.2) is 35.4 Å². The number of hydrogen-bond acceptors (Lipinski definition) is 4. The Kier molecular flexibility index (Phi) is 7.66. The third kappa shape index (κ3) is 6.05. The zero-order valence-corrected chi connectivity index (χ0v) is 20.7. The van der Waals surface area contributed by atoms with Crippen LogP contribution in [0.3, 0.4) is 0 Å². The third-order valence-corrected chi connectivity index (χ3v) is 7.80. The highest BCUT2D eigenvalue weighted by molar-refractivity contribution is 7.17. The van der Waals surface area contributed by atoms with E-state index < -0.39 is 0 Å². The van der Waals surface area contributed by atoms with E-state index in [0.717, 1.165) is 47.8 Å². The molecule has 178 valence electrons. The molecule has 1 aliphatic heterocycles. The van der Waals surface area contributed by atoms with Gasteiger partial charge in [-0.3, -0.25) is 9.69 Å². The highest BCUT2D eigenvalue weighted by Gasteiger charge is 2.21.